The third kappa shape index (κ3) is 4.32. The molecule has 0 aliphatic heterocycles. The van der Waals surface area contributed by atoms with Gasteiger partial charge in [-0.15, -0.1) is 0 Å². The summed E-state index contributed by atoms with van der Waals surface area (Å²) in [4.78, 5) is 17.3. The van der Waals surface area contributed by atoms with Crippen molar-refractivity contribution in [3.05, 3.63) is 79.3 Å². The molecule has 2 aromatic carbocycles. The predicted octanol–water partition coefficient (Wildman–Crippen LogP) is 6.01. The number of aromatic nitrogens is 6. The number of aliphatic hydroxyl groups is 1. The number of nitrogens with zero attached hydrogens (tertiary/aromatic N) is 4. The van der Waals surface area contributed by atoms with Gasteiger partial charge in [-0.1, -0.05) is 45.0 Å². The molecule has 184 valence electrons. The van der Waals surface area contributed by atoms with Gasteiger partial charge in [-0.05, 0) is 42.0 Å². The number of rotatable bonds is 5. The van der Waals surface area contributed by atoms with Crippen molar-refractivity contribution in [2.75, 3.05) is 5.32 Å². The Morgan fingerprint density at radius 3 is 2.62 bits per heavy atom. The van der Waals surface area contributed by atoms with E-state index in [9.17, 15) is 5.11 Å². The molecule has 37 heavy (non-hydrogen) atoms. The lowest BCUT2D eigenvalue weighted by Gasteiger charge is -2.27. The van der Waals surface area contributed by atoms with Gasteiger partial charge in [0.1, 0.15) is 11.9 Å². The van der Waals surface area contributed by atoms with Crippen LogP contribution >= 0.6 is 0 Å². The molecule has 6 aromatic rings. The SMILES string of the molecule is CC(C)(C)C(O)Nc1cncc(-c2ccc3[nH]nc(-c4nc5c(-c6ccccn6)cccc5[nH]4)c3c2)c1. The number of imidazole rings is 1. The maximum absolute atomic E-state index is 10.5. The van der Waals surface area contributed by atoms with Gasteiger partial charge in [0.15, 0.2) is 5.82 Å². The van der Waals surface area contributed by atoms with E-state index in [2.05, 4.69) is 36.5 Å². The topological polar surface area (TPSA) is 115 Å². The van der Waals surface area contributed by atoms with Crippen LogP contribution in [-0.2, 0) is 0 Å². The van der Waals surface area contributed by atoms with E-state index in [0.29, 0.717) is 5.82 Å². The molecule has 0 fully saturated rings. The number of fused-ring (bicyclic) bond motifs is 2. The van der Waals surface area contributed by atoms with Crippen LogP contribution in [0.15, 0.2) is 79.3 Å². The van der Waals surface area contributed by atoms with Crippen molar-refractivity contribution in [1.29, 1.82) is 0 Å². The smallest absolute Gasteiger partial charge is 0.159 e. The fourth-order valence-corrected chi connectivity index (χ4v) is 4.30. The minimum Gasteiger partial charge on any atom is -0.373 e. The highest BCUT2D eigenvalue weighted by Crippen LogP contribution is 2.33. The van der Waals surface area contributed by atoms with Crippen LogP contribution in [-0.4, -0.2) is 41.5 Å². The number of aromatic amines is 2. The molecule has 0 saturated carbocycles. The van der Waals surface area contributed by atoms with Gasteiger partial charge in [-0.3, -0.25) is 15.1 Å². The summed E-state index contributed by atoms with van der Waals surface area (Å²) in [7, 11) is 0. The minimum absolute atomic E-state index is 0.302. The summed E-state index contributed by atoms with van der Waals surface area (Å²) in [5.41, 5.74) is 7.64. The first kappa shape index (κ1) is 22.9. The van der Waals surface area contributed by atoms with E-state index in [1.165, 1.54) is 0 Å². The van der Waals surface area contributed by atoms with Gasteiger partial charge >= 0.3 is 0 Å². The van der Waals surface area contributed by atoms with Crippen LogP contribution in [0.1, 0.15) is 20.8 Å². The van der Waals surface area contributed by atoms with Gasteiger partial charge < -0.3 is 15.4 Å². The summed E-state index contributed by atoms with van der Waals surface area (Å²) in [5, 5.41) is 22.3. The summed E-state index contributed by atoms with van der Waals surface area (Å²) < 4.78 is 0. The monoisotopic (exact) mass is 489 g/mol. The Hall–Kier alpha value is -4.56. The number of pyridine rings is 2. The normalized spacial score (nSPS) is 12.8. The van der Waals surface area contributed by atoms with E-state index in [1.54, 1.807) is 12.4 Å². The van der Waals surface area contributed by atoms with Gasteiger partial charge in [-0.25, -0.2) is 4.98 Å². The number of hydrogen-bond acceptors (Lipinski definition) is 6. The number of H-pyrrole nitrogens is 2. The second kappa shape index (κ2) is 8.83. The second-order valence-corrected chi connectivity index (χ2v) is 10.2. The van der Waals surface area contributed by atoms with Crippen LogP contribution < -0.4 is 5.32 Å². The molecule has 4 N–H and O–H groups in total. The van der Waals surface area contributed by atoms with Gasteiger partial charge in [0, 0.05) is 34.3 Å². The molecule has 0 saturated heterocycles. The summed E-state index contributed by atoms with van der Waals surface area (Å²) in [6, 6.07) is 20.0. The largest absolute Gasteiger partial charge is 0.373 e. The van der Waals surface area contributed by atoms with Gasteiger partial charge in [0.25, 0.3) is 0 Å². The van der Waals surface area contributed by atoms with Gasteiger partial charge in [-0.2, -0.15) is 5.10 Å². The number of hydrogen-bond donors (Lipinski definition) is 4. The number of nitrogens with one attached hydrogen (secondary N) is 3. The Bertz CT molecular complexity index is 1710. The molecule has 0 amide bonds. The number of benzene rings is 2. The molecule has 0 spiro atoms. The highest BCUT2D eigenvalue weighted by atomic mass is 16.3. The molecule has 1 atom stereocenters. The zero-order valence-electron chi connectivity index (χ0n) is 20.8. The maximum Gasteiger partial charge on any atom is 0.159 e. The zero-order chi connectivity index (χ0) is 25.6. The molecule has 0 aliphatic carbocycles. The summed E-state index contributed by atoms with van der Waals surface area (Å²) >= 11 is 0. The fourth-order valence-electron chi connectivity index (χ4n) is 4.30. The molecular formula is C29H27N7O. The van der Waals surface area contributed by atoms with Crippen molar-refractivity contribution in [3.63, 3.8) is 0 Å². The average molecular weight is 490 g/mol. The molecule has 8 heteroatoms. The average Bonchev–Trinajstić information content (AvgIpc) is 3.52. The number of anilines is 1. The lowest BCUT2D eigenvalue weighted by Crippen LogP contribution is -2.33. The standard InChI is InChI=1S/C29H27N7O/c1-29(2,3)28(37)32-19-13-18(15-30-16-19)17-10-11-23-21(14-17)26(36-35-23)27-33-24-9-6-7-20(25(24)34-27)22-8-4-5-12-31-22/h4-16,28,32,37H,1-3H3,(H,33,34)(H,35,36). The molecule has 6 rings (SSSR count). The Morgan fingerprint density at radius 2 is 1.81 bits per heavy atom. The Balaban J connectivity index is 1.40. The van der Waals surface area contributed by atoms with Crippen molar-refractivity contribution in [3.8, 4) is 33.9 Å². The van der Waals surface area contributed by atoms with Crippen LogP contribution in [0.5, 0.6) is 0 Å². The number of para-hydroxylation sites is 1. The molecule has 0 radical (unpaired) electrons. The first-order valence-electron chi connectivity index (χ1n) is 12.2. The third-order valence-corrected chi connectivity index (χ3v) is 6.44. The van der Waals surface area contributed by atoms with E-state index in [1.807, 2.05) is 81.6 Å². The first-order valence-corrected chi connectivity index (χ1v) is 12.2. The van der Waals surface area contributed by atoms with Gasteiger partial charge in [0.05, 0.1) is 34.1 Å². The third-order valence-electron chi connectivity index (χ3n) is 6.44. The second-order valence-electron chi connectivity index (χ2n) is 10.2. The van der Waals surface area contributed by atoms with Crippen molar-refractivity contribution < 1.29 is 5.11 Å². The summed E-state index contributed by atoms with van der Waals surface area (Å²) in [6.07, 6.45) is 4.62. The molecular weight excluding hydrogens is 462 g/mol. The quantitative estimate of drug-likeness (QED) is 0.221. The highest BCUT2D eigenvalue weighted by Gasteiger charge is 2.22. The van der Waals surface area contributed by atoms with Crippen molar-refractivity contribution >= 4 is 27.6 Å². The molecule has 0 aliphatic rings. The molecule has 4 aromatic heterocycles. The summed E-state index contributed by atoms with van der Waals surface area (Å²) in [6.45, 7) is 5.94. The Labute approximate surface area is 213 Å². The number of aliphatic hydroxyl groups excluding tert-OH is 1. The van der Waals surface area contributed by atoms with Crippen LogP contribution in [0.2, 0.25) is 0 Å². The van der Waals surface area contributed by atoms with Crippen molar-refractivity contribution in [1.82, 2.24) is 30.1 Å². The van der Waals surface area contributed by atoms with E-state index >= 15 is 0 Å². The Morgan fingerprint density at radius 1 is 0.919 bits per heavy atom. The lowest BCUT2D eigenvalue weighted by molar-refractivity contribution is 0.0880. The van der Waals surface area contributed by atoms with Crippen LogP contribution in [0.25, 0.3) is 55.8 Å². The predicted molar refractivity (Wildman–Crippen MR) is 147 cm³/mol. The van der Waals surface area contributed by atoms with Crippen LogP contribution in [0, 0.1) is 5.41 Å². The van der Waals surface area contributed by atoms with Crippen molar-refractivity contribution in [2.24, 2.45) is 5.41 Å². The van der Waals surface area contributed by atoms with E-state index in [4.69, 9.17) is 4.98 Å². The van der Waals surface area contributed by atoms with Gasteiger partial charge in [0.2, 0.25) is 0 Å². The molecule has 8 nitrogen and oxygen atoms in total. The van der Waals surface area contributed by atoms with E-state index in [0.717, 1.165) is 55.7 Å². The highest BCUT2D eigenvalue weighted by molar-refractivity contribution is 5.98. The molecule has 1 unspecified atom stereocenters. The maximum atomic E-state index is 10.5. The lowest BCUT2D eigenvalue weighted by atomic mass is 9.94. The van der Waals surface area contributed by atoms with E-state index in [-0.39, 0.29) is 5.41 Å². The molecule has 4 heterocycles. The van der Waals surface area contributed by atoms with Crippen LogP contribution in [0.4, 0.5) is 5.69 Å². The van der Waals surface area contributed by atoms with E-state index < -0.39 is 6.23 Å². The summed E-state index contributed by atoms with van der Waals surface area (Å²) in [5.74, 6) is 0.684. The zero-order valence-corrected chi connectivity index (χ0v) is 20.8. The minimum atomic E-state index is -0.698. The molecule has 0 bridgehead atoms. The van der Waals surface area contributed by atoms with Crippen molar-refractivity contribution in [2.45, 2.75) is 27.0 Å². The van der Waals surface area contributed by atoms with Crippen LogP contribution in [0.3, 0.4) is 0 Å². The Kier molecular flexibility index (Phi) is 5.46. The first-order chi connectivity index (χ1) is 17.9. The fraction of sp³-hybridized carbons (Fsp3) is 0.172.